The smallest absolute Gasteiger partial charge is 0.142 e. The Hall–Kier alpha value is -0.590. The molecule has 0 unspecified atom stereocenters. The number of allylic oxidation sites excluding steroid dienone is 2. The number of carbonyl (C=O) groups is 1. The Balaban J connectivity index is 1.80. The first kappa shape index (κ1) is 15.9. The van der Waals surface area contributed by atoms with Gasteiger partial charge in [-0.2, -0.15) is 0 Å². The highest BCUT2D eigenvalue weighted by atomic mass is 16.1. The van der Waals surface area contributed by atoms with Crippen molar-refractivity contribution in [1.29, 1.82) is 0 Å². The summed E-state index contributed by atoms with van der Waals surface area (Å²) in [5.41, 5.74) is 0.895. The fourth-order valence-corrected chi connectivity index (χ4v) is 7.85. The summed E-state index contributed by atoms with van der Waals surface area (Å²) >= 11 is 0. The zero-order chi connectivity index (χ0) is 16.8. The van der Waals surface area contributed by atoms with Crippen LogP contribution in [0.25, 0.3) is 0 Å². The molecule has 23 heavy (non-hydrogen) atoms. The standard InChI is InChI=1S/C22H34O/c1-14-12-21(6)16(19(3,4)15(14)2)7-8-22-10-9-20(5,13-22)18(23)11-17(21)22/h9-10,14-17H,7-8,11-13H2,1-6H3/t14-,15+,16-,17+,20+,21-,22-/m0/s1. The van der Waals surface area contributed by atoms with E-state index < -0.39 is 0 Å². The summed E-state index contributed by atoms with van der Waals surface area (Å²) in [7, 11) is 0. The molecule has 0 saturated heterocycles. The molecule has 4 rings (SSSR count). The second-order valence-electron chi connectivity index (χ2n) is 10.7. The minimum atomic E-state index is -0.150. The van der Waals surface area contributed by atoms with Gasteiger partial charge in [-0.3, -0.25) is 4.79 Å². The van der Waals surface area contributed by atoms with Crippen molar-refractivity contribution in [2.24, 2.45) is 45.3 Å². The van der Waals surface area contributed by atoms with Crippen molar-refractivity contribution in [3.05, 3.63) is 12.2 Å². The highest BCUT2D eigenvalue weighted by molar-refractivity contribution is 5.89. The number of hydrogen-bond acceptors (Lipinski definition) is 1. The zero-order valence-corrected chi connectivity index (χ0v) is 15.9. The van der Waals surface area contributed by atoms with Crippen molar-refractivity contribution < 1.29 is 4.79 Å². The predicted octanol–water partition coefficient (Wildman–Crippen LogP) is 5.65. The summed E-state index contributed by atoms with van der Waals surface area (Å²) < 4.78 is 0. The molecule has 2 bridgehead atoms. The first-order chi connectivity index (χ1) is 10.6. The van der Waals surface area contributed by atoms with Gasteiger partial charge in [-0.15, -0.1) is 0 Å². The van der Waals surface area contributed by atoms with Crippen molar-refractivity contribution >= 4 is 5.78 Å². The molecule has 128 valence electrons. The molecule has 3 saturated carbocycles. The van der Waals surface area contributed by atoms with Crippen LogP contribution in [-0.2, 0) is 4.79 Å². The Kier molecular flexibility index (Phi) is 2.99. The van der Waals surface area contributed by atoms with E-state index in [2.05, 4.69) is 53.7 Å². The van der Waals surface area contributed by atoms with Gasteiger partial charge in [0, 0.05) is 11.8 Å². The molecule has 7 atom stereocenters. The summed E-state index contributed by atoms with van der Waals surface area (Å²) in [6, 6.07) is 0. The summed E-state index contributed by atoms with van der Waals surface area (Å²) in [5, 5.41) is 0. The third kappa shape index (κ3) is 1.78. The lowest BCUT2D eigenvalue weighted by Crippen LogP contribution is -2.60. The van der Waals surface area contributed by atoms with Crippen molar-refractivity contribution in [2.75, 3.05) is 0 Å². The van der Waals surface area contributed by atoms with Gasteiger partial charge in [0.2, 0.25) is 0 Å². The second kappa shape index (κ2) is 4.33. The fraction of sp³-hybridized carbons (Fsp3) is 0.864. The fourth-order valence-electron chi connectivity index (χ4n) is 7.85. The predicted molar refractivity (Wildman–Crippen MR) is 95.0 cm³/mol. The molecular weight excluding hydrogens is 280 g/mol. The van der Waals surface area contributed by atoms with Crippen LogP contribution in [0.15, 0.2) is 12.2 Å². The molecule has 0 aromatic heterocycles. The minimum absolute atomic E-state index is 0.150. The van der Waals surface area contributed by atoms with Crippen LogP contribution >= 0.6 is 0 Å². The lowest BCUT2D eigenvalue weighted by atomic mass is 9.38. The maximum atomic E-state index is 12.9. The lowest BCUT2D eigenvalue weighted by Gasteiger charge is -2.66. The van der Waals surface area contributed by atoms with Crippen LogP contribution in [0.5, 0.6) is 0 Å². The number of ketones is 1. The SMILES string of the molecule is C[C@@H]1[C@@H](C)C[C@@]2(C)[C@@H](CC[C@]34C=C[C@](C)(C3)C(=O)C[C@@H]42)C1(C)C. The molecule has 0 aromatic rings. The first-order valence-corrected chi connectivity index (χ1v) is 9.79. The average molecular weight is 315 g/mol. The normalized spacial score (nSPS) is 57.0. The summed E-state index contributed by atoms with van der Waals surface area (Å²) in [6.45, 7) is 14.7. The first-order valence-electron chi connectivity index (χ1n) is 9.79. The number of carbonyl (C=O) groups excluding carboxylic acids is 1. The van der Waals surface area contributed by atoms with Crippen LogP contribution in [0.4, 0.5) is 0 Å². The van der Waals surface area contributed by atoms with E-state index in [9.17, 15) is 4.79 Å². The molecule has 1 spiro atoms. The van der Waals surface area contributed by atoms with Gasteiger partial charge in [-0.05, 0) is 72.5 Å². The number of fused-ring (bicyclic) bond motifs is 3. The molecule has 4 aliphatic carbocycles. The highest BCUT2D eigenvalue weighted by Crippen LogP contribution is 2.72. The van der Waals surface area contributed by atoms with Crippen molar-refractivity contribution in [1.82, 2.24) is 0 Å². The summed E-state index contributed by atoms with van der Waals surface area (Å²) in [5.74, 6) is 3.39. The molecule has 4 aliphatic rings. The topological polar surface area (TPSA) is 17.1 Å². The molecule has 1 nitrogen and oxygen atoms in total. The summed E-state index contributed by atoms with van der Waals surface area (Å²) in [6.07, 6.45) is 10.7. The number of rotatable bonds is 0. The van der Waals surface area contributed by atoms with E-state index in [1.165, 1.54) is 19.3 Å². The minimum Gasteiger partial charge on any atom is -0.299 e. The van der Waals surface area contributed by atoms with E-state index in [0.29, 0.717) is 27.9 Å². The van der Waals surface area contributed by atoms with Crippen LogP contribution in [0.3, 0.4) is 0 Å². The van der Waals surface area contributed by atoms with Crippen LogP contribution in [-0.4, -0.2) is 5.78 Å². The van der Waals surface area contributed by atoms with E-state index in [1.807, 2.05) is 0 Å². The molecule has 0 amide bonds. The Morgan fingerprint density at radius 2 is 1.74 bits per heavy atom. The van der Waals surface area contributed by atoms with Crippen LogP contribution in [0, 0.1) is 45.3 Å². The van der Waals surface area contributed by atoms with E-state index >= 15 is 0 Å². The monoisotopic (exact) mass is 314 g/mol. The molecule has 0 heterocycles. The number of Topliss-reactive ketones (excluding diaryl/α,β-unsaturated/α-hetero) is 1. The van der Waals surface area contributed by atoms with E-state index in [4.69, 9.17) is 0 Å². The largest absolute Gasteiger partial charge is 0.299 e. The van der Waals surface area contributed by atoms with Crippen molar-refractivity contribution in [3.63, 3.8) is 0 Å². The molecule has 0 aliphatic heterocycles. The highest BCUT2D eigenvalue weighted by Gasteiger charge is 2.66. The Morgan fingerprint density at radius 3 is 2.43 bits per heavy atom. The van der Waals surface area contributed by atoms with E-state index in [-0.39, 0.29) is 5.41 Å². The van der Waals surface area contributed by atoms with Crippen LogP contribution < -0.4 is 0 Å². The van der Waals surface area contributed by atoms with E-state index in [0.717, 1.165) is 30.6 Å². The van der Waals surface area contributed by atoms with Gasteiger partial charge in [0.25, 0.3) is 0 Å². The average Bonchev–Trinajstić information content (AvgIpc) is 2.75. The third-order valence-corrected chi connectivity index (χ3v) is 9.38. The molecule has 1 heteroatoms. The second-order valence-corrected chi connectivity index (χ2v) is 10.7. The molecule has 3 fully saturated rings. The van der Waals surface area contributed by atoms with Crippen molar-refractivity contribution in [3.8, 4) is 0 Å². The molecule has 0 radical (unpaired) electrons. The van der Waals surface area contributed by atoms with Gasteiger partial charge in [-0.25, -0.2) is 0 Å². The molecule has 0 aromatic carbocycles. The van der Waals surface area contributed by atoms with Crippen molar-refractivity contribution in [2.45, 2.75) is 73.6 Å². The maximum absolute atomic E-state index is 12.9. The maximum Gasteiger partial charge on any atom is 0.142 e. The van der Waals surface area contributed by atoms with Gasteiger partial charge in [0.05, 0.1) is 0 Å². The molecular formula is C22H34O. The Morgan fingerprint density at radius 1 is 1.04 bits per heavy atom. The third-order valence-electron chi connectivity index (χ3n) is 9.38. The quantitative estimate of drug-likeness (QED) is 0.528. The van der Waals surface area contributed by atoms with Crippen LogP contribution in [0.1, 0.15) is 73.6 Å². The van der Waals surface area contributed by atoms with Gasteiger partial charge < -0.3 is 0 Å². The lowest BCUT2D eigenvalue weighted by molar-refractivity contribution is -0.177. The van der Waals surface area contributed by atoms with Gasteiger partial charge in [0.1, 0.15) is 5.78 Å². The Labute approximate surface area is 142 Å². The molecule has 0 N–H and O–H groups in total. The van der Waals surface area contributed by atoms with Crippen LogP contribution in [0.2, 0.25) is 0 Å². The summed E-state index contributed by atoms with van der Waals surface area (Å²) in [4.78, 5) is 12.9. The van der Waals surface area contributed by atoms with E-state index in [1.54, 1.807) is 0 Å². The Bertz CT molecular complexity index is 587. The zero-order valence-electron chi connectivity index (χ0n) is 15.9. The van der Waals surface area contributed by atoms with Gasteiger partial charge in [-0.1, -0.05) is 46.8 Å². The number of hydrogen-bond donors (Lipinski definition) is 0. The van der Waals surface area contributed by atoms with Gasteiger partial charge in [0.15, 0.2) is 0 Å². The van der Waals surface area contributed by atoms with Gasteiger partial charge >= 0.3 is 0 Å².